The van der Waals surface area contributed by atoms with Crippen LogP contribution in [-0.2, 0) is 12.8 Å². The third-order valence-electron chi connectivity index (χ3n) is 5.45. The molecule has 2 aromatic heterocycles. The summed E-state index contributed by atoms with van der Waals surface area (Å²) in [4.78, 5) is 12.9. The van der Waals surface area contributed by atoms with Crippen LogP contribution in [0.3, 0.4) is 0 Å². The highest BCUT2D eigenvalue weighted by Gasteiger charge is 2.22. The molecular formula is C22H18ClN3O3. The number of anilines is 1. The second kappa shape index (κ2) is 7.04. The van der Waals surface area contributed by atoms with Gasteiger partial charge in [0.25, 0.3) is 5.91 Å². The summed E-state index contributed by atoms with van der Waals surface area (Å²) in [5, 5.41) is 12.1. The van der Waals surface area contributed by atoms with Gasteiger partial charge in [-0.1, -0.05) is 23.7 Å². The average molecular weight is 408 g/mol. The molecule has 0 bridgehead atoms. The number of hydrogen-bond acceptors (Lipinski definition) is 5. The van der Waals surface area contributed by atoms with Gasteiger partial charge in [-0.05, 0) is 78.3 Å². The summed E-state index contributed by atoms with van der Waals surface area (Å²) in [5.74, 6) is 0.0649. The Hall–Kier alpha value is -3.12. The van der Waals surface area contributed by atoms with E-state index >= 15 is 0 Å². The molecule has 1 amide bonds. The summed E-state index contributed by atoms with van der Waals surface area (Å²) in [7, 11) is 0. The van der Waals surface area contributed by atoms with E-state index in [1.165, 1.54) is 24.0 Å². The minimum absolute atomic E-state index is 0.210. The van der Waals surface area contributed by atoms with Crippen LogP contribution < -0.4 is 5.32 Å². The van der Waals surface area contributed by atoms with Crippen molar-refractivity contribution in [2.45, 2.75) is 32.6 Å². The molecule has 0 saturated carbocycles. The molecule has 146 valence electrons. The molecule has 0 saturated heterocycles. The van der Waals surface area contributed by atoms with Gasteiger partial charge in [-0.15, -0.1) is 0 Å². The molecule has 29 heavy (non-hydrogen) atoms. The van der Waals surface area contributed by atoms with Crippen molar-refractivity contribution in [1.82, 2.24) is 10.3 Å². The van der Waals surface area contributed by atoms with E-state index in [0.29, 0.717) is 21.9 Å². The highest BCUT2D eigenvalue weighted by molar-refractivity contribution is 6.31. The SMILES string of the molecule is Cc1c(C(=O)Nc2nonc2-c2ccc3c(c2)CCCC3)oc2ccc(Cl)cc12. The molecule has 0 spiro atoms. The van der Waals surface area contributed by atoms with Gasteiger partial charge in [0.15, 0.2) is 11.5 Å². The van der Waals surface area contributed by atoms with Gasteiger partial charge in [0.1, 0.15) is 5.58 Å². The van der Waals surface area contributed by atoms with E-state index in [1.807, 2.05) is 13.0 Å². The Morgan fingerprint density at radius 3 is 2.76 bits per heavy atom. The van der Waals surface area contributed by atoms with E-state index in [9.17, 15) is 4.79 Å². The lowest BCUT2D eigenvalue weighted by molar-refractivity contribution is 0.0997. The van der Waals surface area contributed by atoms with Crippen LogP contribution in [0.5, 0.6) is 0 Å². The Labute approximate surface area is 171 Å². The number of hydrogen-bond donors (Lipinski definition) is 1. The van der Waals surface area contributed by atoms with Crippen LogP contribution in [0.15, 0.2) is 45.4 Å². The maximum Gasteiger partial charge on any atom is 0.292 e. The Bertz CT molecular complexity index is 1240. The van der Waals surface area contributed by atoms with Crippen LogP contribution in [0.2, 0.25) is 5.02 Å². The van der Waals surface area contributed by atoms with E-state index in [1.54, 1.807) is 18.2 Å². The first-order valence-corrected chi connectivity index (χ1v) is 9.92. The molecule has 1 aliphatic rings. The number of aromatic nitrogens is 2. The number of nitrogens with one attached hydrogen (secondary N) is 1. The lowest BCUT2D eigenvalue weighted by Crippen LogP contribution is -2.13. The van der Waals surface area contributed by atoms with Crippen molar-refractivity contribution in [3.05, 3.63) is 63.9 Å². The van der Waals surface area contributed by atoms with Gasteiger partial charge in [-0.2, -0.15) is 0 Å². The largest absolute Gasteiger partial charge is 0.451 e. The van der Waals surface area contributed by atoms with Crippen molar-refractivity contribution >= 4 is 34.3 Å². The lowest BCUT2D eigenvalue weighted by atomic mass is 9.90. The highest BCUT2D eigenvalue weighted by atomic mass is 35.5. The number of halogens is 1. The Morgan fingerprint density at radius 1 is 1.07 bits per heavy atom. The summed E-state index contributed by atoms with van der Waals surface area (Å²) in [6, 6.07) is 11.5. The molecule has 4 aromatic rings. The molecule has 5 rings (SSSR count). The zero-order chi connectivity index (χ0) is 20.0. The standard InChI is InChI=1S/C22H18ClN3O3/c1-12-17-11-16(23)8-9-18(17)28-20(12)22(27)24-21-19(25-29-26-21)15-7-6-13-4-2-3-5-14(13)10-15/h6-11H,2-5H2,1H3,(H,24,26,27). The first kappa shape index (κ1) is 17.9. The number of furan rings is 1. The number of aryl methyl sites for hydroxylation is 3. The monoisotopic (exact) mass is 407 g/mol. The van der Waals surface area contributed by atoms with E-state index in [4.69, 9.17) is 20.6 Å². The molecule has 1 aliphatic carbocycles. The maximum atomic E-state index is 12.9. The average Bonchev–Trinajstić information content (AvgIpc) is 3.32. The smallest absolute Gasteiger partial charge is 0.292 e. The lowest BCUT2D eigenvalue weighted by Gasteiger charge is -2.16. The number of nitrogens with zero attached hydrogens (tertiary/aromatic N) is 2. The first-order chi connectivity index (χ1) is 14.1. The molecule has 2 heterocycles. The van der Waals surface area contributed by atoms with Crippen LogP contribution in [0.25, 0.3) is 22.2 Å². The predicted octanol–water partition coefficient (Wildman–Crippen LogP) is 5.58. The molecule has 0 unspecified atom stereocenters. The number of amides is 1. The van der Waals surface area contributed by atoms with Gasteiger partial charge in [-0.25, -0.2) is 4.63 Å². The number of fused-ring (bicyclic) bond motifs is 2. The summed E-state index contributed by atoms with van der Waals surface area (Å²) in [6.45, 7) is 1.82. The molecule has 0 fully saturated rings. The van der Waals surface area contributed by atoms with Gasteiger partial charge < -0.3 is 4.42 Å². The molecule has 0 radical (unpaired) electrons. The van der Waals surface area contributed by atoms with E-state index in [0.717, 1.165) is 23.8 Å². The molecule has 2 aromatic carbocycles. The summed E-state index contributed by atoms with van der Waals surface area (Å²) < 4.78 is 10.7. The second-order valence-electron chi connectivity index (χ2n) is 7.30. The third kappa shape index (κ3) is 3.19. The molecular weight excluding hydrogens is 390 g/mol. The Morgan fingerprint density at radius 2 is 1.90 bits per heavy atom. The van der Waals surface area contributed by atoms with Crippen molar-refractivity contribution in [3.63, 3.8) is 0 Å². The second-order valence-corrected chi connectivity index (χ2v) is 7.74. The molecule has 0 atom stereocenters. The van der Waals surface area contributed by atoms with Crippen molar-refractivity contribution in [3.8, 4) is 11.3 Å². The van der Waals surface area contributed by atoms with E-state index in [-0.39, 0.29) is 11.6 Å². The highest BCUT2D eigenvalue weighted by Crippen LogP contribution is 2.31. The summed E-state index contributed by atoms with van der Waals surface area (Å²) in [6.07, 6.45) is 4.57. The summed E-state index contributed by atoms with van der Waals surface area (Å²) >= 11 is 6.06. The molecule has 1 N–H and O–H groups in total. The van der Waals surface area contributed by atoms with Crippen LogP contribution in [0.1, 0.15) is 40.1 Å². The van der Waals surface area contributed by atoms with Crippen LogP contribution in [0.4, 0.5) is 5.82 Å². The van der Waals surface area contributed by atoms with Crippen molar-refractivity contribution in [2.24, 2.45) is 0 Å². The normalized spacial score (nSPS) is 13.4. The summed E-state index contributed by atoms with van der Waals surface area (Å²) in [5.41, 5.74) is 5.38. The first-order valence-electron chi connectivity index (χ1n) is 9.55. The molecule has 7 heteroatoms. The van der Waals surface area contributed by atoms with Gasteiger partial charge in [0.05, 0.1) is 0 Å². The van der Waals surface area contributed by atoms with Crippen LogP contribution in [0, 0.1) is 6.92 Å². The fraction of sp³-hybridized carbons (Fsp3) is 0.227. The minimum atomic E-state index is -0.412. The predicted molar refractivity (Wildman–Crippen MR) is 110 cm³/mol. The maximum absolute atomic E-state index is 12.9. The fourth-order valence-electron chi connectivity index (χ4n) is 3.91. The Kier molecular flexibility index (Phi) is 4.36. The number of carbonyl (C=O) groups is 1. The van der Waals surface area contributed by atoms with Gasteiger partial charge in [0.2, 0.25) is 5.82 Å². The zero-order valence-corrected chi connectivity index (χ0v) is 16.5. The van der Waals surface area contributed by atoms with Crippen molar-refractivity contribution < 1.29 is 13.8 Å². The van der Waals surface area contributed by atoms with Gasteiger partial charge >= 0.3 is 0 Å². The van der Waals surface area contributed by atoms with Crippen molar-refractivity contribution in [2.75, 3.05) is 5.32 Å². The fourth-order valence-corrected chi connectivity index (χ4v) is 4.09. The number of benzene rings is 2. The van der Waals surface area contributed by atoms with Crippen LogP contribution >= 0.6 is 11.6 Å². The zero-order valence-electron chi connectivity index (χ0n) is 15.8. The van der Waals surface area contributed by atoms with Gasteiger partial charge in [0, 0.05) is 21.5 Å². The molecule has 6 nitrogen and oxygen atoms in total. The van der Waals surface area contributed by atoms with E-state index < -0.39 is 5.91 Å². The van der Waals surface area contributed by atoms with Crippen molar-refractivity contribution in [1.29, 1.82) is 0 Å². The van der Waals surface area contributed by atoms with E-state index in [2.05, 4.69) is 27.8 Å². The Balaban J connectivity index is 1.46. The topological polar surface area (TPSA) is 81.2 Å². The van der Waals surface area contributed by atoms with Gasteiger partial charge in [-0.3, -0.25) is 10.1 Å². The number of rotatable bonds is 3. The quantitative estimate of drug-likeness (QED) is 0.479. The van der Waals surface area contributed by atoms with Crippen LogP contribution in [-0.4, -0.2) is 16.2 Å². The third-order valence-corrected chi connectivity index (χ3v) is 5.68. The number of carbonyl (C=O) groups excluding carboxylic acids is 1. The minimum Gasteiger partial charge on any atom is -0.451 e. The molecule has 0 aliphatic heterocycles.